The predicted molar refractivity (Wildman–Crippen MR) is 62.3 cm³/mol. The summed E-state index contributed by atoms with van der Waals surface area (Å²) in [6.07, 6.45) is 2.85. The summed E-state index contributed by atoms with van der Waals surface area (Å²) in [4.78, 5) is 4.21. The van der Waals surface area contributed by atoms with Crippen LogP contribution in [0.2, 0.25) is 5.15 Å². The van der Waals surface area contributed by atoms with E-state index in [1.54, 1.807) is 0 Å². The number of hydrogen-bond acceptors (Lipinski definition) is 2. The molecule has 0 amide bonds. The molecule has 1 unspecified atom stereocenters. The maximum atomic E-state index is 6.02. The molecule has 4 heteroatoms. The van der Waals surface area contributed by atoms with E-state index in [9.17, 15) is 0 Å². The minimum absolute atomic E-state index is 0.162. The Bertz CT molecular complexity index is 488. The summed E-state index contributed by atoms with van der Waals surface area (Å²) in [5.41, 5.74) is 7.90. The number of nitrogens with zero attached hydrogens (tertiary/aromatic N) is 2. The lowest BCUT2D eigenvalue weighted by molar-refractivity contribution is 0.737. The summed E-state index contributed by atoms with van der Waals surface area (Å²) in [5.74, 6) is 0.905. The first-order chi connectivity index (χ1) is 7.08. The van der Waals surface area contributed by atoms with Crippen LogP contribution in [0.5, 0.6) is 0 Å². The highest BCUT2D eigenvalue weighted by Crippen LogP contribution is 2.19. The van der Waals surface area contributed by atoms with Crippen LogP contribution >= 0.6 is 11.6 Å². The van der Waals surface area contributed by atoms with Crippen molar-refractivity contribution in [1.82, 2.24) is 9.38 Å². The second-order valence-electron chi connectivity index (χ2n) is 3.92. The molecule has 0 radical (unpaired) electrons. The molecule has 0 bridgehead atoms. The Kier molecular flexibility index (Phi) is 2.67. The Morgan fingerprint density at radius 3 is 3.00 bits per heavy atom. The van der Waals surface area contributed by atoms with E-state index >= 15 is 0 Å². The molecule has 0 aliphatic rings. The van der Waals surface area contributed by atoms with E-state index in [-0.39, 0.29) is 6.04 Å². The van der Waals surface area contributed by atoms with Gasteiger partial charge in [0.15, 0.2) is 5.15 Å². The van der Waals surface area contributed by atoms with Crippen LogP contribution in [0.15, 0.2) is 18.3 Å². The average molecular weight is 224 g/mol. The van der Waals surface area contributed by atoms with Gasteiger partial charge in [-0.1, -0.05) is 11.6 Å². The molecule has 0 saturated carbocycles. The molecule has 2 N–H and O–H groups in total. The summed E-state index contributed by atoms with van der Waals surface area (Å²) in [6, 6.07) is 4.27. The van der Waals surface area contributed by atoms with Crippen LogP contribution in [0.25, 0.3) is 5.52 Å². The van der Waals surface area contributed by atoms with Crippen LogP contribution in [-0.4, -0.2) is 15.4 Å². The van der Waals surface area contributed by atoms with Crippen molar-refractivity contribution in [3.8, 4) is 0 Å². The quantitative estimate of drug-likeness (QED) is 0.848. The Balaban J connectivity index is 2.50. The van der Waals surface area contributed by atoms with Crippen molar-refractivity contribution in [2.75, 3.05) is 0 Å². The van der Waals surface area contributed by atoms with Gasteiger partial charge in [-0.25, -0.2) is 4.98 Å². The fraction of sp³-hybridized carbons (Fsp3) is 0.364. The number of halogens is 1. The summed E-state index contributed by atoms with van der Waals surface area (Å²) < 4.78 is 1.98. The first kappa shape index (κ1) is 10.5. The van der Waals surface area contributed by atoms with Gasteiger partial charge in [0.2, 0.25) is 0 Å². The van der Waals surface area contributed by atoms with Gasteiger partial charge in [-0.05, 0) is 38.0 Å². The highest BCUT2D eigenvalue weighted by Gasteiger charge is 2.07. The van der Waals surface area contributed by atoms with Crippen LogP contribution in [0.3, 0.4) is 0 Å². The van der Waals surface area contributed by atoms with Crippen molar-refractivity contribution in [1.29, 1.82) is 0 Å². The van der Waals surface area contributed by atoms with E-state index in [1.165, 1.54) is 5.56 Å². The summed E-state index contributed by atoms with van der Waals surface area (Å²) in [7, 11) is 0. The normalized spacial score (nSPS) is 13.3. The molecular formula is C11H14ClN3. The zero-order chi connectivity index (χ0) is 11.0. The average Bonchev–Trinajstić information content (AvgIpc) is 2.41. The minimum atomic E-state index is 0.162. The van der Waals surface area contributed by atoms with Gasteiger partial charge < -0.3 is 10.1 Å². The first-order valence-corrected chi connectivity index (χ1v) is 5.34. The third-order valence-corrected chi connectivity index (χ3v) is 2.68. The highest BCUT2D eigenvalue weighted by atomic mass is 35.5. The molecule has 0 saturated heterocycles. The molecule has 1 atom stereocenters. The molecule has 15 heavy (non-hydrogen) atoms. The van der Waals surface area contributed by atoms with Crippen molar-refractivity contribution in [3.05, 3.63) is 34.9 Å². The van der Waals surface area contributed by atoms with Gasteiger partial charge in [0.05, 0.1) is 5.52 Å². The largest absolute Gasteiger partial charge is 0.328 e. The highest BCUT2D eigenvalue weighted by molar-refractivity contribution is 6.32. The van der Waals surface area contributed by atoms with Crippen molar-refractivity contribution >= 4 is 17.1 Å². The summed E-state index contributed by atoms with van der Waals surface area (Å²) in [6.45, 7) is 3.93. The van der Waals surface area contributed by atoms with E-state index in [2.05, 4.69) is 11.1 Å². The number of rotatable bonds is 2. The SMILES string of the molecule is Cc1nc(Cl)c2cc(CC(C)N)ccn12. The number of pyridine rings is 1. The van der Waals surface area contributed by atoms with Gasteiger partial charge in [-0.15, -0.1) is 0 Å². The van der Waals surface area contributed by atoms with Gasteiger partial charge in [0.1, 0.15) is 5.82 Å². The fourth-order valence-electron chi connectivity index (χ4n) is 1.74. The van der Waals surface area contributed by atoms with E-state index < -0.39 is 0 Å². The van der Waals surface area contributed by atoms with Gasteiger partial charge in [0.25, 0.3) is 0 Å². The first-order valence-electron chi connectivity index (χ1n) is 4.96. The Labute approximate surface area is 93.9 Å². The van der Waals surface area contributed by atoms with Crippen LogP contribution in [0.1, 0.15) is 18.3 Å². The monoisotopic (exact) mass is 223 g/mol. The standard InChI is InChI=1S/C11H14ClN3/c1-7(13)5-9-3-4-15-8(2)14-11(12)10(15)6-9/h3-4,6-7H,5,13H2,1-2H3. The van der Waals surface area contributed by atoms with E-state index in [4.69, 9.17) is 17.3 Å². The Morgan fingerprint density at radius 2 is 2.33 bits per heavy atom. The molecular weight excluding hydrogens is 210 g/mol. The second kappa shape index (κ2) is 3.83. The van der Waals surface area contributed by atoms with Crippen molar-refractivity contribution in [3.63, 3.8) is 0 Å². The van der Waals surface area contributed by atoms with Crippen molar-refractivity contribution in [2.24, 2.45) is 5.73 Å². The maximum Gasteiger partial charge on any atom is 0.155 e. The molecule has 2 aromatic heterocycles. The van der Waals surface area contributed by atoms with Crippen molar-refractivity contribution < 1.29 is 0 Å². The van der Waals surface area contributed by atoms with Gasteiger partial charge >= 0.3 is 0 Å². The number of fused-ring (bicyclic) bond motifs is 1. The van der Waals surface area contributed by atoms with Crippen molar-refractivity contribution in [2.45, 2.75) is 26.3 Å². The third kappa shape index (κ3) is 1.98. The lowest BCUT2D eigenvalue weighted by Crippen LogP contribution is -2.17. The van der Waals surface area contributed by atoms with E-state index in [1.807, 2.05) is 30.5 Å². The maximum absolute atomic E-state index is 6.02. The molecule has 0 spiro atoms. The van der Waals surface area contributed by atoms with Crippen LogP contribution in [0, 0.1) is 6.92 Å². The van der Waals surface area contributed by atoms with E-state index in [0.717, 1.165) is 17.8 Å². The lowest BCUT2D eigenvalue weighted by atomic mass is 10.1. The Hall–Kier alpha value is -1.06. The molecule has 0 aliphatic carbocycles. The molecule has 2 aromatic rings. The number of nitrogens with two attached hydrogens (primary N) is 1. The summed E-state index contributed by atoms with van der Waals surface area (Å²) >= 11 is 6.02. The molecule has 0 aromatic carbocycles. The molecule has 0 fully saturated rings. The molecule has 3 nitrogen and oxygen atoms in total. The molecule has 80 valence electrons. The van der Waals surface area contributed by atoms with Crippen LogP contribution < -0.4 is 5.73 Å². The van der Waals surface area contributed by atoms with Gasteiger partial charge in [0, 0.05) is 12.2 Å². The second-order valence-corrected chi connectivity index (χ2v) is 4.28. The Morgan fingerprint density at radius 1 is 1.60 bits per heavy atom. The smallest absolute Gasteiger partial charge is 0.155 e. The number of hydrogen-bond donors (Lipinski definition) is 1. The molecule has 0 aliphatic heterocycles. The zero-order valence-corrected chi connectivity index (χ0v) is 9.62. The number of imidazole rings is 1. The molecule has 2 rings (SSSR count). The fourth-order valence-corrected chi connectivity index (χ4v) is 2.00. The minimum Gasteiger partial charge on any atom is -0.328 e. The molecule has 2 heterocycles. The number of aromatic nitrogens is 2. The lowest BCUT2D eigenvalue weighted by Gasteiger charge is -2.05. The van der Waals surface area contributed by atoms with E-state index in [0.29, 0.717) is 5.15 Å². The number of aryl methyl sites for hydroxylation is 1. The zero-order valence-electron chi connectivity index (χ0n) is 8.87. The topological polar surface area (TPSA) is 43.3 Å². The third-order valence-electron chi connectivity index (χ3n) is 2.40. The van der Waals surface area contributed by atoms with Gasteiger partial charge in [-0.2, -0.15) is 0 Å². The predicted octanol–water partition coefficient (Wildman–Crippen LogP) is 2.19. The van der Waals surface area contributed by atoms with Crippen LogP contribution in [0.4, 0.5) is 0 Å². The summed E-state index contributed by atoms with van der Waals surface area (Å²) in [5, 5.41) is 0.555. The van der Waals surface area contributed by atoms with Crippen LogP contribution in [-0.2, 0) is 6.42 Å². The van der Waals surface area contributed by atoms with Gasteiger partial charge in [-0.3, -0.25) is 0 Å².